The molecule has 0 saturated heterocycles. The van der Waals surface area contributed by atoms with E-state index in [1.807, 2.05) is 0 Å². The Labute approximate surface area is 106 Å². The van der Waals surface area contributed by atoms with E-state index in [2.05, 4.69) is 0 Å². The van der Waals surface area contributed by atoms with Crippen molar-refractivity contribution in [1.29, 1.82) is 0 Å². The van der Waals surface area contributed by atoms with Gasteiger partial charge in [0.05, 0.1) is 18.9 Å². The van der Waals surface area contributed by atoms with Crippen molar-refractivity contribution in [3.8, 4) is 5.75 Å². The Hall–Kier alpha value is -2.12. The van der Waals surface area contributed by atoms with Gasteiger partial charge in [0.25, 0.3) is 5.79 Å². The molecule has 0 aromatic carbocycles. The van der Waals surface area contributed by atoms with Crippen LogP contribution in [0.3, 0.4) is 0 Å². The molecule has 0 radical (unpaired) electrons. The molecule has 1 spiro atoms. The van der Waals surface area contributed by atoms with Gasteiger partial charge in [0.1, 0.15) is 6.61 Å². The molecule has 2 N–H and O–H groups in total. The van der Waals surface area contributed by atoms with E-state index < -0.39 is 17.2 Å². The van der Waals surface area contributed by atoms with Crippen LogP contribution in [0.2, 0.25) is 0 Å². The van der Waals surface area contributed by atoms with E-state index in [0.29, 0.717) is 0 Å². The van der Waals surface area contributed by atoms with Crippen LogP contribution in [-0.2, 0) is 16.0 Å². The van der Waals surface area contributed by atoms with Gasteiger partial charge in [-0.3, -0.25) is 9.59 Å². The van der Waals surface area contributed by atoms with Crippen molar-refractivity contribution < 1.29 is 28.9 Å². The second kappa shape index (κ2) is 3.69. The Morgan fingerprint density at radius 2 is 2.05 bits per heavy atom. The smallest absolute Gasteiger partial charge is 0.273 e. The van der Waals surface area contributed by atoms with Crippen LogP contribution in [-0.4, -0.2) is 34.0 Å². The molecule has 2 aliphatic heterocycles. The Balaban J connectivity index is 2.08. The standard InChI is InChI=1S/C12H10O7/c13-7-1-3-17-8-5-11(6-18-10(7)8)12(15,16)9(14)2-4-19-11/h1-4,15-16H,5-6H2. The molecule has 0 saturated carbocycles. The fourth-order valence-electron chi connectivity index (χ4n) is 2.17. The van der Waals surface area contributed by atoms with Gasteiger partial charge in [0.2, 0.25) is 22.6 Å². The summed E-state index contributed by atoms with van der Waals surface area (Å²) < 4.78 is 15.5. The monoisotopic (exact) mass is 266 g/mol. The number of hydrogen-bond acceptors (Lipinski definition) is 7. The highest BCUT2D eigenvalue weighted by Crippen LogP contribution is 2.38. The minimum atomic E-state index is -2.74. The Kier molecular flexibility index (Phi) is 2.32. The fourth-order valence-corrected chi connectivity index (χ4v) is 2.17. The van der Waals surface area contributed by atoms with E-state index in [9.17, 15) is 19.8 Å². The van der Waals surface area contributed by atoms with Gasteiger partial charge < -0.3 is 24.1 Å². The molecule has 1 unspecified atom stereocenters. The molecule has 0 amide bonds. The predicted octanol–water partition coefficient (Wildman–Crippen LogP) is -0.893. The summed E-state index contributed by atoms with van der Waals surface area (Å²) in [7, 11) is 0. The molecule has 19 heavy (non-hydrogen) atoms. The normalized spacial score (nSPS) is 27.6. The number of rotatable bonds is 0. The zero-order chi connectivity index (χ0) is 13.7. The van der Waals surface area contributed by atoms with E-state index in [1.165, 1.54) is 12.3 Å². The molecule has 0 bridgehead atoms. The van der Waals surface area contributed by atoms with E-state index in [4.69, 9.17) is 13.9 Å². The zero-order valence-corrected chi connectivity index (χ0v) is 9.66. The van der Waals surface area contributed by atoms with Gasteiger partial charge in [-0.15, -0.1) is 0 Å². The SMILES string of the molecule is O=C1C=COC2(COc3c(occc3=O)C2)C1(O)O. The third-order valence-electron chi connectivity index (χ3n) is 3.29. The third kappa shape index (κ3) is 1.52. The Morgan fingerprint density at radius 3 is 2.84 bits per heavy atom. The number of ether oxygens (including phenoxy) is 2. The van der Waals surface area contributed by atoms with Crippen molar-refractivity contribution in [1.82, 2.24) is 0 Å². The molecule has 0 aliphatic carbocycles. The number of carbonyl (C=O) groups is 1. The Bertz CT molecular complexity index is 627. The molecule has 2 aliphatic rings. The molecule has 1 atom stereocenters. The lowest BCUT2D eigenvalue weighted by molar-refractivity contribution is -0.272. The zero-order valence-electron chi connectivity index (χ0n) is 9.66. The van der Waals surface area contributed by atoms with E-state index in [-0.39, 0.29) is 30.0 Å². The first-order chi connectivity index (χ1) is 8.96. The van der Waals surface area contributed by atoms with Gasteiger partial charge in [-0.25, -0.2) is 0 Å². The topological polar surface area (TPSA) is 106 Å². The molecule has 1 aromatic heterocycles. The van der Waals surface area contributed by atoms with Gasteiger partial charge >= 0.3 is 0 Å². The highest BCUT2D eigenvalue weighted by atomic mass is 16.6. The summed E-state index contributed by atoms with van der Waals surface area (Å²) in [5, 5.41) is 19.9. The molecule has 7 nitrogen and oxygen atoms in total. The number of ketones is 1. The first-order valence-corrected chi connectivity index (χ1v) is 5.53. The van der Waals surface area contributed by atoms with Crippen LogP contribution in [0.5, 0.6) is 5.75 Å². The summed E-state index contributed by atoms with van der Waals surface area (Å²) in [5.74, 6) is -3.55. The van der Waals surface area contributed by atoms with Gasteiger partial charge in [-0.05, 0) is 0 Å². The van der Waals surface area contributed by atoms with E-state index in [1.54, 1.807) is 0 Å². The van der Waals surface area contributed by atoms with Crippen LogP contribution >= 0.6 is 0 Å². The molecule has 7 heteroatoms. The first-order valence-electron chi connectivity index (χ1n) is 5.53. The summed E-state index contributed by atoms with van der Waals surface area (Å²) in [5.41, 5.74) is -2.10. The number of fused-ring (bicyclic) bond motifs is 1. The number of aliphatic hydroxyl groups is 2. The number of hydrogen-bond donors (Lipinski definition) is 2. The van der Waals surface area contributed by atoms with Crippen LogP contribution in [0.15, 0.2) is 33.9 Å². The maximum atomic E-state index is 11.6. The average molecular weight is 266 g/mol. The second-order valence-electron chi connectivity index (χ2n) is 4.45. The molecule has 0 fully saturated rings. The molecular formula is C12H10O7. The summed E-state index contributed by atoms with van der Waals surface area (Å²) in [6.45, 7) is -0.349. The molecule has 1 aromatic rings. The van der Waals surface area contributed by atoms with Gasteiger partial charge in [-0.2, -0.15) is 0 Å². The third-order valence-corrected chi connectivity index (χ3v) is 3.29. The second-order valence-corrected chi connectivity index (χ2v) is 4.45. The highest BCUT2D eigenvalue weighted by Gasteiger charge is 2.60. The lowest BCUT2D eigenvalue weighted by Crippen LogP contribution is -2.66. The van der Waals surface area contributed by atoms with Crippen LogP contribution in [0, 0.1) is 0 Å². The summed E-state index contributed by atoms with van der Waals surface area (Å²) in [4.78, 5) is 23.1. The Morgan fingerprint density at radius 1 is 1.26 bits per heavy atom. The molecule has 3 heterocycles. The van der Waals surface area contributed by atoms with Crippen LogP contribution in [0.1, 0.15) is 5.76 Å². The van der Waals surface area contributed by atoms with Crippen LogP contribution in [0.25, 0.3) is 0 Å². The maximum Gasteiger partial charge on any atom is 0.273 e. The van der Waals surface area contributed by atoms with Gasteiger partial charge in [-0.1, -0.05) is 0 Å². The van der Waals surface area contributed by atoms with Crippen molar-refractivity contribution in [3.63, 3.8) is 0 Å². The van der Waals surface area contributed by atoms with Crippen molar-refractivity contribution in [3.05, 3.63) is 40.7 Å². The molecular weight excluding hydrogens is 256 g/mol. The minimum Gasteiger partial charge on any atom is -0.484 e. The lowest BCUT2D eigenvalue weighted by atomic mass is 9.83. The summed E-state index contributed by atoms with van der Waals surface area (Å²) in [6.07, 6.45) is 2.99. The van der Waals surface area contributed by atoms with Gasteiger partial charge in [0.15, 0.2) is 5.76 Å². The van der Waals surface area contributed by atoms with Crippen molar-refractivity contribution in [2.24, 2.45) is 0 Å². The molecule has 3 rings (SSSR count). The van der Waals surface area contributed by atoms with E-state index in [0.717, 1.165) is 12.3 Å². The van der Waals surface area contributed by atoms with Crippen molar-refractivity contribution >= 4 is 5.78 Å². The quantitative estimate of drug-likeness (QED) is 0.586. The first kappa shape index (κ1) is 11.9. The van der Waals surface area contributed by atoms with Crippen LogP contribution in [0.4, 0.5) is 0 Å². The molecule has 100 valence electrons. The van der Waals surface area contributed by atoms with Gasteiger partial charge in [0, 0.05) is 12.1 Å². The predicted molar refractivity (Wildman–Crippen MR) is 59.3 cm³/mol. The average Bonchev–Trinajstić information content (AvgIpc) is 2.37. The van der Waals surface area contributed by atoms with Crippen molar-refractivity contribution in [2.45, 2.75) is 17.8 Å². The highest BCUT2D eigenvalue weighted by molar-refractivity contribution is 5.97. The minimum absolute atomic E-state index is 0.00507. The fraction of sp³-hybridized carbons (Fsp3) is 0.333. The lowest BCUT2D eigenvalue weighted by Gasteiger charge is -2.44. The maximum absolute atomic E-state index is 11.6. The number of carbonyl (C=O) groups excluding carboxylic acids is 1. The largest absolute Gasteiger partial charge is 0.484 e. The van der Waals surface area contributed by atoms with E-state index >= 15 is 0 Å². The summed E-state index contributed by atoms with van der Waals surface area (Å²) >= 11 is 0. The van der Waals surface area contributed by atoms with Crippen LogP contribution < -0.4 is 10.2 Å². The summed E-state index contributed by atoms with van der Waals surface area (Å²) in [6, 6.07) is 1.19. The van der Waals surface area contributed by atoms with Crippen molar-refractivity contribution in [2.75, 3.05) is 6.61 Å².